The van der Waals surface area contributed by atoms with Crippen LogP contribution in [0.1, 0.15) is 49.7 Å². The van der Waals surface area contributed by atoms with Gasteiger partial charge in [-0.25, -0.2) is 13.2 Å². The molecule has 0 heterocycles. The third kappa shape index (κ3) is 10.0. The SMILES string of the molecule is COC(=O)NC(C(=O)NC(C)CCCC(CO)N(CCCF)S(=O)(=O)c1ccc(N)cc1)C(c1ccccc1)c1ccccc1. The summed E-state index contributed by atoms with van der Waals surface area (Å²) in [4.78, 5) is 26.1. The number of nitrogens with two attached hydrogens (primary N) is 1. The summed E-state index contributed by atoms with van der Waals surface area (Å²) in [5, 5.41) is 15.9. The fourth-order valence-electron chi connectivity index (χ4n) is 5.26. The van der Waals surface area contributed by atoms with Crippen molar-refractivity contribution in [1.29, 1.82) is 0 Å². The Morgan fingerprint density at radius 2 is 1.49 bits per heavy atom. The molecule has 45 heavy (non-hydrogen) atoms. The zero-order valence-corrected chi connectivity index (χ0v) is 26.5. The van der Waals surface area contributed by atoms with Gasteiger partial charge in [0.25, 0.3) is 0 Å². The van der Waals surface area contributed by atoms with Crippen molar-refractivity contribution >= 4 is 27.7 Å². The van der Waals surface area contributed by atoms with Gasteiger partial charge in [-0.3, -0.25) is 9.18 Å². The molecule has 5 N–H and O–H groups in total. The number of amides is 2. The van der Waals surface area contributed by atoms with Crippen molar-refractivity contribution in [3.63, 3.8) is 0 Å². The van der Waals surface area contributed by atoms with Crippen molar-refractivity contribution in [2.24, 2.45) is 0 Å². The van der Waals surface area contributed by atoms with Crippen LogP contribution in [0.15, 0.2) is 89.8 Å². The molecule has 3 atom stereocenters. The van der Waals surface area contributed by atoms with Crippen LogP contribution in [0.2, 0.25) is 0 Å². The molecule has 3 unspecified atom stereocenters. The van der Waals surface area contributed by atoms with Crippen molar-refractivity contribution in [2.45, 2.75) is 61.5 Å². The van der Waals surface area contributed by atoms with E-state index in [1.807, 2.05) is 67.6 Å². The van der Waals surface area contributed by atoms with Gasteiger partial charge in [-0.2, -0.15) is 4.31 Å². The van der Waals surface area contributed by atoms with Crippen LogP contribution in [-0.4, -0.2) is 74.9 Å². The monoisotopic (exact) mass is 642 g/mol. The number of methoxy groups -OCH3 is 1. The first-order valence-corrected chi connectivity index (χ1v) is 16.3. The van der Waals surface area contributed by atoms with Gasteiger partial charge in [-0.15, -0.1) is 0 Å². The Hall–Kier alpha value is -4.00. The average molecular weight is 643 g/mol. The van der Waals surface area contributed by atoms with E-state index < -0.39 is 53.3 Å². The van der Waals surface area contributed by atoms with E-state index in [-0.39, 0.29) is 30.3 Å². The van der Waals surface area contributed by atoms with E-state index in [0.29, 0.717) is 18.5 Å². The fourth-order valence-corrected chi connectivity index (χ4v) is 6.95. The van der Waals surface area contributed by atoms with E-state index in [1.165, 1.54) is 31.4 Å². The van der Waals surface area contributed by atoms with E-state index in [1.54, 1.807) is 0 Å². The van der Waals surface area contributed by atoms with Crippen LogP contribution in [0, 0.1) is 0 Å². The van der Waals surface area contributed by atoms with Gasteiger partial charge in [0.05, 0.1) is 25.3 Å². The molecule has 3 rings (SSSR count). The predicted molar refractivity (Wildman–Crippen MR) is 172 cm³/mol. The quantitative estimate of drug-likeness (QED) is 0.161. The molecule has 0 aromatic heterocycles. The maximum absolute atomic E-state index is 13.7. The number of ether oxygens (including phenoxy) is 1. The topological polar surface area (TPSA) is 151 Å². The number of rotatable bonds is 17. The van der Waals surface area contributed by atoms with Crippen molar-refractivity contribution in [1.82, 2.24) is 14.9 Å². The lowest BCUT2D eigenvalue weighted by atomic mass is 9.84. The molecule has 0 aliphatic carbocycles. The predicted octanol–water partition coefficient (Wildman–Crippen LogP) is 4.21. The molecule has 0 saturated carbocycles. The van der Waals surface area contributed by atoms with Crippen LogP contribution < -0.4 is 16.4 Å². The molecule has 12 heteroatoms. The number of carbonyl (C=O) groups is 2. The van der Waals surface area contributed by atoms with Gasteiger partial charge in [0.2, 0.25) is 15.9 Å². The Bertz CT molecular complexity index is 1410. The molecule has 0 radical (unpaired) electrons. The van der Waals surface area contributed by atoms with Crippen LogP contribution in [0.5, 0.6) is 0 Å². The standard InChI is InChI=1S/C33H43FN4O6S/c1-24(11-9-16-28(23-39)38(22-10-21-34)45(42,43)29-19-17-27(35)18-20-29)36-32(40)31(37-33(41)44-2)30(25-12-5-3-6-13-25)26-14-7-4-8-15-26/h3-8,12-15,17-20,24,28,30-31,39H,9-11,16,21-23,35H2,1-2H3,(H,36,40)(H,37,41). The van der Waals surface area contributed by atoms with Gasteiger partial charge >= 0.3 is 6.09 Å². The molecule has 0 aliphatic rings. The van der Waals surface area contributed by atoms with Gasteiger partial charge in [-0.1, -0.05) is 60.7 Å². The number of benzene rings is 3. The highest BCUT2D eigenvalue weighted by molar-refractivity contribution is 7.89. The van der Waals surface area contributed by atoms with E-state index in [2.05, 4.69) is 10.6 Å². The number of alkyl halides is 1. The Balaban J connectivity index is 1.74. The minimum atomic E-state index is -4.03. The molecule has 3 aromatic carbocycles. The van der Waals surface area contributed by atoms with E-state index >= 15 is 0 Å². The Morgan fingerprint density at radius 1 is 0.911 bits per heavy atom. The first-order valence-electron chi connectivity index (χ1n) is 14.9. The Kier molecular flexibility index (Phi) is 13.8. The summed E-state index contributed by atoms with van der Waals surface area (Å²) in [5.74, 6) is -0.931. The number of anilines is 1. The number of alkyl carbamates (subject to hydrolysis) is 1. The second-order valence-electron chi connectivity index (χ2n) is 10.8. The number of hydrogen-bond acceptors (Lipinski definition) is 7. The van der Waals surface area contributed by atoms with Crippen molar-refractivity contribution < 1.29 is 32.2 Å². The number of nitrogen functional groups attached to an aromatic ring is 1. The highest BCUT2D eigenvalue weighted by atomic mass is 32.2. The van der Waals surface area contributed by atoms with Crippen LogP contribution >= 0.6 is 0 Å². The zero-order chi connectivity index (χ0) is 32.8. The summed E-state index contributed by atoms with van der Waals surface area (Å²) in [6.07, 6.45) is 0.411. The number of aliphatic hydroxyl groups is 1. The summed E-state index contributed by atoms with van der Waals surface area (Å²) in [6.45, 7) is 0.555. The summed E-state index contributed by atoms with van der Waals surface area (Å²) < 4.78 is 45.9. The molecule has 2 amide bonds. The largest absolute Gasteiger partial charge is 0.453 e. The summed E-state index contributed by atoms with van der Waals surface area (Å²) >= 11 is 0. The molecule has 3 aromatic rings. The number of nitrogens with zero attached hydrogens (tertiary/aromatic N) is 1. The number of carbonyl (C=O) groups excluding carboxylic acids is 2. The third-order valence-corrected chi connectivity index (χ3v) is 9.54. The zero-order valence-electron chi connectivity index (χ0n) is 25.6. The highest BCUT2D eigenvalue weighted by Crippen LogP contribution is 2.29. The molecular formula is C33H43FN4O6S. The Labute approximate surface area is 264 Å². The van der Waals surface area contributed by atoms with Crippen LogP contribution in [-0.2, 0) is 19.6 Å². The lowest BCUT2D eigenvalue weighted by molar-refractivity contribution is -0.124. The van der Waals surface area contributed by atoms with Gasteiger partial charge in [-0.05, 0) is 68.0 Å². The lowest BCUT2D eigenvalue weighted by Crippen LogP contribution is -2.52. The molecule has 10 nitrogen and oxygen atoms in total. The minimum Gasteiger partial charge on any atom is -0.453 e. The first kappa shape index (κ1) is 35.5. The molecule has 0 fully saturated rings. The minimum absolute atomic E-state index is 0.00479. The van der Waals surface area contributed by atoms with Crippen molar-refractivity contribution in [3.05, 3.63) is 96.1 Å². The first-order chi connectivity index (χ1) is 21.6. The number of hydrogen-bond donors (Lipinski definition) is 4. The molecule has 0 spiro atoms. The number of halogens is 1. The van der Waals surface area contributed by atoms with E-state index in [0.717, 1.165) is 15.4 Å². The van der Waals surface area contributed by atoms with E-state index in [4.69, 9.17) is 10.5 Å². The summed E-state index contributed by atoms with van der Waals surface area (Å²) in [6, 6.07) is 22.3. The number of sulfonamides is 1. The second kappa shape index (κ2) is 17.5. The third-order valence-electron chi connectivity index (χ3n) is 7.57. The van der Waals surface area contributed by atoms with Crippen LogP contribution in [0.4, 0.5) is 14.9 Å². The van der Waals surface area contributed by atoms with Gasteiger partial charge in [0.15, 0.2) is 0 Å². The van der Waals surface area contributed by atoms with Crippen molar-refractivity contribution in [2.75, 3.05) is 32.7 Å². The maximum atomic E-state index is 13.7. The van der Waals surface area contributed by atoms with Crippen LogP contribution in [0.25, 0.3) is 0 Å². The number of nitrogens with one attached hydrogen (secondary N) is 2. The van der Waals surface area contributed by atoms with Crippen molar-refractivity contribution in [3.8, 4) is 0 Å². The number of aliphatic hydroxyl groups excluding tert-OH is 1. The van der Waals surface area contributed by atoms with Crippen LogP contribution in [0.3, 0.4) is 0 Å². The molecule has 0 saturated heterocycles. The van der Waals surface area contributed by atoms with Gasteiger partial charge < -0.3 is 26.2 Å². The smallest absolute Gasteiger partial charge is 0.407 e. The normalized spacial score (nSPS) is 13.6. The molecule has 0 bridgehead atoms. The Morgan fingerprint density at radius 3 is 2.00 bits per heavy atom. The van der Waals surface area contributed by atoms with Gasteiger partial charge in [0.1, 0.15) is 6.04 Å². The second-order valence-corrected chi connectivity index (χ2v) is 12.7. The fraction of sp³-hybridized carbons (Fsp3) is 0.394. The summed E-state index contributed by atoms with van der Waals surface area (Å²) in [7, 11) is -2.80. The summed E-state index contributed by atoms with van der Waals surface area (Å²) in [5.41, 5.74) is 7.77. The maximum Gasteiger partial charge on any atom is 0.407 e. The molecule has 0 aliphatic heterocycles. The highest BCUT2D eigenvalue weighted by Gasteiger charge is 2.34. The molecule has 244 valence electrons. The molecular weight excluding hydrogens is 599 g/mol. The van der Waals surface area contributed by atoms with E-state index in [9.17, 15) is 27.5 Å². The lowest BCUT2D eigenvalue weighted by Gasteiger charge is -2.30. The average Bonchev–Trinajstić information content (AvgIpc) is 3.04. The van der Waals surface area contributed by atoms with Gasteiger partial charge in [0, 0.05) is 30.2 Å².